The van der Waals surface area contributed by atoms with Gasteiger partial charge in [-0.3, -0.25) is 4.79 Å². The van der Waals surface area contributed by atoms with Crippen LogP contribution >= 0.6 is 0 Å². The number of hydrogen-bond donors (Lipinski definition) is 0. The maximum atomic E-state index is 12.7. The summed E-state index contributed by atoms with van der Waals surface area (Å²) in [5, 5.41) is 0. The first-order chi connectivity index (χ1) is 18.8. The molecule has 0 saturated heterocycles. The van der Waals surface area contributed by atoms with E-state index in [1.165, 1.54) is 14.2 Å². The van der Waals surface area contributed by atoms with Gasteiger partial charge in [-0.1, -0.05) is 67.2 Å². The molecule has 2 aromatic rings. The molecule has 0 aliphatic carbocycles. The van der Waals surface area contributed by atoms with Crippen LogP contribution in [0.1, 0.15) is 17.5 Å². The van der Waals surface area contributed by atoms with E-state index in [-0.39, 0.29) is 44.8 Å². The van der Waals surface area contributed by atoms with Gasteiger partial charge in [0.05, 0.1) is 19.6 Å². The molecule has 0 amide bonds. The van der Waals surface area contributed by atoms with Gasteiger partial charge < -0.3 is 28.4 Å². The van der Waals surface area contributed by atoms with Gasteiger partial charge in [0.25, 0.3) is 0 Å². The summed E-state index contributed by atoms with van der Waals surface area (Å²) in [6, 6.07) is 17.9. The third kappa shape index (κ3) is 11.9. The van der Waals surface area contributed by atoms with Crippen LogP contribution < -0.4 is 0 Å². The molecule has 39 heavy (non-hydrogen) atoms. The summed E-state index contributed by atoms with van der Waals surface area (Å²) in [5.41, 5.74) is 1.22. The van der Waals surface area contributed by atoms with Crippen molar-refractivity contribution in [2.24, 2.45) is 0 Å². The van der Waals surface area contributed by atoms with Gasteiger partial charge >= 0.3 is 23.9 Å². The SMILES string of the molecule is C=C(CC(=O)OC(Cc1ccccc1)C(=O)OCCOC)C(=O)OC(Cc1ccccc1)C(=O)OCCOC. The average molecular weight is 543 g/mol. The van der Waals surface area contributed by atoms with Crippen LogP contribution in [0, 0.1) is 0 Å². The Morgan fingerprint density at radius 2 is 1.10 bits per heavy atom. The van der Waals surface area contributed by atoms with Crippen molar-refractivity contribution in [3.63, 3.8) is 0 Å². The Labute approximate surface area is 227 Å². The van der Waals surface area contributed by atoms with Gasteiger partial charge in [-0.15, -0.1) is 0 Å². The predicted octanol–water partition coefficient (Wildman–Crippen LogP) is 2.62. The quantitative estimate of drug-likeness (QED) is 0.128. The second-order valence-corrected chi connectivity index (χ2v) is 8.35. The van der Waals surface area contributed by atoms with Crippen molar-refractivity contribution in [3.8, 4) is 0 Å². The summed E-state index contributed by atoms with van der Waals surface area (Å²) in [6.45, 7) is 3.93. The lowest BCUT2D eigenvalue weighted by molar-refractivity contribution is -0.169. The van der Waals surface area contributed by atoms with Crippen molar-refractivity contribution in [1.82, 2.24) is 0 Å². The summed E-state index contributed by atoms with van der Waals surface area (Å²) >= 11 is 0. The van der Waals surface area contributed by atoms with Crippen LogP contribution in [-0.4, -0.2) is 76.7 Å². The summed E-state index contributed by atoms with van der Waals surface area (Å²) in [4.78, 5) is 50.5. The van der Waals surface area contributed by atoms with Gasteiger partial charge in [0.15, 0.2) is 0 Å². The number of carbonyl (C=O) groups is 4. The average Bonchev–Trinajstić information content (AvgIpc) is 2.93. The molecule has 0 saturated carbocycles. The van der Waals surface area contributed by atoms with Crippen LogP contribution in [0.3, 0.4) is 0 Å². The number of methoxy groups -OCH3 is 2. The van der Waals surface area contributed by atoms with E-state index < -0.39 is 42.5 Å². The Hall–Kier alpha value is -4.02. The third-order valence-electron chi connectivity index (χ3n) is 5.29. The molecule has 0 aliphatic heterocycles. The van der Waals surface area contributed by atoms with Gasteiger partial charge in [-0.25, -0.2) is 14.4 Å². The molecule has 2 aromatic carbocycles. The molecule has 0 radical (unpaired) electrons. The molecule has 10 nitrogen and oxygen atoms in total. The van der Waals surface area contributed by atoms with Crippen LogP contribution in [0.2, 0.25) is 0 Å². The van der Waals surface area contributed by atoms with E-state index in [1.54, 1.807) is 48.5 Å². The van der Waals surface area contributed by atoms with Gasteiger partial charge in [0.2, 0.25) is 12.2 Å². The summed E-state index contributed by atoms with van der Waals surface area (Å²) in [5.74, 6) is -3.37. The highest BCUT2D eigenvalue weighted by atomic mass is 16.6. The zero-order valence-corrected chi connectivity index (χ0v) is 22.2. The van der Waals surface area contributed by atoms with Gasteiger partial charge in [0.1, 0.15) is 13.2 Å². The second kappa shape index (κ2) is 17.5. The Kier molecular flexibility index (Phi) is 14.0. The highest BCUT2D eigenvalue weighted by Crippen LogP contribution is 2.14. The molecule has 0 spiro atoms. The molecule has 0 N–H and O–H groups in total. The van der Waals surface area contributed by atoms with Crippen molar-refractivity contribution in [3.05, 3.63) is 83.9 Å². The van der Waals surface area contributed by atoms with E-state index in [2.05, 4.69) is 6.58 Å². The first-order valence-electron chi connectivity index (χ1n) is 12.3. The molecule has 0 bridgehead atoms. The first-order valence-corrected chi connectivity index (χ1v) is 12.3. The fourth-order valence-corrected chi connectivity index (χ4v) is 3.30. The Morgan fingerprint density at radius 1 is 0.667 bits per heavy atom. The molecule has 2 rings (SSSR count). The van der Waals surface area contributed by atoms with E-state index >= 15 is 0 Å². The Bertz CT molecular complexity index is 1070. The van der Waals surface area contributed by atoms with Crippen LogP contribution in [0.5, 0.6) is 0 Å². The molecule has 2 atom stereocenters. The number of esters is 4. The molecular formula is C29H34O10. The summed E-state index contributed by atoms with van der Waals surface area (Å²) < 4.78 is 30.7. The zero-order valence-electron chi connectivity index (χ0n) is 22.2. The lowest BCUT2D eigenvalue weighted by Crippen LogP contribution is -2.34. The van der Waals surface area contributed by atoms with Crippen molar-refractivity contribution in [2.45, 2.75) is 31.5 Å². The lowest BCUT2D eigenvalue weighted by atomic mass is 10.1. The molecular weight excluding hydrogens is 508 g/mol. The largest absolute Gasteiger partial charge is 0.460 e. The minimum atomic E-state index is -1.27. The van der Waals surface area contributed by atoms with E-state index in [9.17, 15) is 19.2 Å². The van der Waals surface area contributed by atoms with Gasteiger partial charge in [-0.05, 0) is 11.1 Å². The molecule has 0 aliphatic rings. The highest BCUT2D eigenvalue weighted by molar-refractivity contribution is 5.95. The Balaban J connectivity index is 2.02. The minimum Gasteiger partial charge on any atom is -0.460 e. The zero-order chi connectivity index (χ0) is 28.5. The molecule has 2 unspecified atom stereocenters. The number of rotatable bonds is 17. The maximum Gasteiger partial charge on any atom is 0.347 e. The number of carbonyl (C=O) groups excluding carboxylic acids is 4. The monoisotopic (exact) mass is 542 g/mol. The van der Waals surface area contributed by atoms with Gasteiger partial charge in [0, 0.05) is 32.6 Å². The van der Waals surface area contributed by atoms with E-state index in [0.29, 0.717) is 0 Å². The molecule has 10 heteroatoms. The third-order valence-corrected chi connectivity index (χ3v) is 5.29. The van der Waals surface area contributed by atoms with Crippen LogP contribution in [-0.2, 0) is 60.4 Å². The number of hydrogen-bond acceptors (Lipinski definition) is 10. The topological polar surface area (TPSA) is 124 Å². The first kappa shape index (κ1) is 31.2. The Morgan fingerprint density at radius 3 is 1.54 bits per heavy atom. The molecule has 0 fully saturated rings. The van der Waals surface area contributed by atoms with Crippen molar-refractivity contribution in [2.75, 3.05) is 40.6 Å². The van der Waals surface area contributed by atoms with E-state index in [1.807, 2.05) is 12.1 Å². The predicted molar refractivity (Wildman–Crippen MR) is 139 cm³/mol. The van der Waals surface area contributed by atoms with Crippen molar-refractivity contribution < 1.29 is 47.6 Å². The standard InChI is InChI=1S/C29H34O10/c1-21(27(31)39-25(29(33)37-17-15-35-3)20-23-12-8-5-9-13-23)18-26(30)38-24(28(32)36-16-14-34-2)19-22-10-6-4-7-11-22/h4-13,24-25H,1,14-20H2,2-3H3. The van der Waals surface area contributed by atoms with E-state index in [4.69, 9.17) is 28.4 Å². The maximum absolute atomic E-state index is 12.7. The van der Waals surface area contributed by atoms with Crippen LogP contribution in [0.25, 0.3) is 0 Å². The molecule has 0 heterocycles. The fourth-order valence-electron chi connectivity index (χ4n) is 3.30. The minimum absolute atomic E-state index is 0.0134. The number of benzene rings is 2. The summed E-state index contributed by atoms with van der Waals surface area (Å²) in [7, 11) is 2.92. The smallest absolute Gasteiger partial charge is 0.347 e. The van der Waals surface area contributed by atoms with Crippen molar-refractivity contribution in [1.29, 1.82) is 0 Å². The van der Waals surface area contributed by atoms with Crippen molar-refractivity contribution >= 4 is 23.9 Å². The molecule has 210 valence electrons. The second-order valence-electron chi connectivity index (χ2n) is 8.35. The van der Waals surface area contributed by atoms with Crippen LogP contribution in [0.4, 0.5) is 0 Å². The lowest BCUT2D eigenvalue weighted by Gasteiger charge is -2.19. The fraction of sp³-hybridized carbons (Fsp3) is 0.379. The highest BCUT2D eigenvalue weighted by Gasteiger charge is 2.29. The van der Waals surface area contributed by atoms with Crippen LogP contribution in [0.15, 0.2) is 72.8 Å². The normalized spacial score (nSPS) is 12.1. The summed E-state index contributed by atoms with van der Waals surface area (Å²) in [6.07, 6.45) is -2.95. The number of ether oxygens (including phenoxy) is 6. The van der Waals surface area contributed by atoms with Gasteiger partial charge in [-0.2, -0.15) is 0 Å². The molecule has 0 aromatic heterocycles. The van der Waals surface area contributed by atoms with E-state index in [0.717, 1.165) is 11.1 Å².